The molecule has 168 valence electrons. The highest BCUT2D eigenvalue weighted by Crippen LogP contribution is 2.39. The van der Waals surface area contributed by atoms with Crippen molar-refractivity contribution < 1.29 is 23.9 Å². The van der Waals surface area contributed by atoms with E-state index >= 15 is 0 Å². The highest BCUT2D eigenvalue weighted by Gasteiger charge is 2.36. The molecule has 0 saturated carbocycles. The Balaban J connectivity index is 1.77. The van der Waals surface area contributed by atoms with E-state index in [-0.39, 0.29) is 11.4 Å². The van der Waals surface area contributed by atoms with Gasteiger partial charge in [-0.2, -0.15) is 0 Å². The SMILES string of the molecule is CCOc1cc(/C=C2/SC(=O)N(CC(=O)Nc3cccc(C)c3)C2=O)cc(Br)c1OCC. The number of aryl methyl sites for hydroxylation is 1. The van der Waals surface area contributed by atoms with Crippen LogP contribution >= 0.6 is 27.7 Å². The standard InChI is InChI=1S/C23H23BrN2O5S/c1-4-30-18-11-15(10-17(24)21(18)31-5-2)12-19-22(28)26(23(29)32-19)13-20(27)25-16-8-6-7-14(3)9-16/h6-12H,4-5,13H2,1-3H3,(H,25,27)/b19-12+. The van der Waals surface area contributed by atoms with Crippen molar-refractivity contribution in [3.8, 4) is 11.5 Å². The number of benzene rings is 2. The van der Waals surface area contributed by atoms with Gasteiger partial charge < -0.3 is 14.8 Å². The summed E-state index contributed by atoms with van der Waals surface area (Å²) in [6.45, 7) is 6.22. The molecule has 32 heavy (non-hydrogen) atoms. The van der Waals surface area contributed by atoms with Crippen LogP contribution in [-0.2, 0) is 9.59 Å². The fraction of sp³-hybridized carbons (Fsp3) is 0.261. The average molecular weight is 519 g/mol. The Kier molecular flexibility index (Phi) is 7.98. The van der Waals surface area contributed by atoms with Gasteiger partial charge in [0.2, 0.25) is 5.91 Å². The van der Waals surface area contributed by atoms with Gasteiger partial charge in [0.15, 0.2) is 11.5 Å². The minimum atomic E-state index is -0.512. The highest BCUT2D eigenvalue weighted by atomic mass is 79.9. The van der Waals surface area contributed by atoms with Gasteiger partial charge in [0, 0.05) is 5.69 Å². The van der Waals surface area contributed by atoms with Gasteiger partial charge in [-0.3, -0.25) is 19.3 Å². The largest absolute Gasteiger partial charge is 0.490 e. The van der Waals surface area contributed by atoms with E-state index in [0.29, 0.717) is 40.4 Å². The summed E-state index contributed by atoms with van der Waals surface area (Å²) in [6, 6.07) is 10.8. The van der Waals surface area contributed by atoms with E-state index in [1.807, 2.05) is 39.0 Å². The average Bonchev–Trinajstić information content (AvgIpc) is 2.98. The highest BCUT2D eigenvalue weighted by molar-refractivity contribution is 9.10. The summed E-state index contributed by atoms with van der Waals surface area (Å²) in [6.07, 6.45) is 1.60. The molecule has 1 heterocycles. The summed E-state index contributed by atoms with van der Waals surface area (Å²) in [4.78, 5) is 38.7. The van der Waals surface area contributed by atoms with Gasteiger partial charge in [-0.1, -0.05) is 12.1 Å². The lowest BCUT2D eigenvalue weighted by Gasteiger charge is -2.14. The molecule has 3 rings (SSSR count). The molecular formula is C23H23BrN2O5S. The predicted octanol–water partition coefficient (Wildman–Crippen LogP) is 5.23. The number of rotatable bonds is 8. The Morgan fingerprint density at radius 3 is 2.59 bits per heavy atom. The zero-order chi connectivity index (χ0) is 23.3. The molecule has 2 aromatic carbocycles. The number of ether oxygens (including phenoxy) is 2. The number of imide groups is 1. The van der Waals surface area contributed by atoms with Gasteiger partial charge in [-0.05, 0) is 89.9 Å². The lowest BCUT2D eigenvalue weighted by atomic mass is 10.2. The number of anilines is 1. The maximum absolute atomic E-state index is 12.8. The van der Waals surface area contributed by atoms with Crippen molar-refractivity contribution >= 4 is 56.5 Å². The van der Waals surface area contributed by atoms with Gasteiger partial charge in [0.25, 0.3) is 11.1 Å². The van der Waals surface area contributed by atoms with Crippen molar-refractivity contribution in [1.29, 1.82) is 0 Å². The van der Waals surface area contributed by atoms with Gasteiger partial charge in [0.1, 0.15) is 6.54 Å². The van der Waals surface area contributed by atoms with E-state index < -0.39 is 17.1 Å². The Bertz CT molecular complexity index is 1090. The van der Waals surface area contributed by atoms with Crippen LogP contribution in [0.25, 0.3) is 6.08 Å². The molecule has 1 aliphatic heterocycles. The van der Waals surface area contributed by atoms with Crippen LogP contribution < -0.4 is 14.8 Å². The number of thioether (sulfide) groups is 1. The Hall–Kier alpha value is -2.78. The van der Waals surface area contributed by atoms with Crippen LogP contribution in [0.4, 0.5) is 10.5 Å². The van der Waals surface area contributed by atoms with Crippen molar-refractivity contribution in [1.82, 2.24) is 4.90 Å². The fourth-order valence-corrected chi connectivity index (χ4v) is 4.49. The van der Waals surface area contributed by atoms with Crippen LogP contribution in [0.5, 0.6) is 11.5 Å². The number of carbonyl (C=O) groups is 3. The molecule has 1 saturated heterocycles. The van der Waals surface area contributed by atoms with E-state index in [0.717, 1.165) is 22.2 Å². The number of amides is 3. The first-order valence-corrected chi connectivity index (χ1v) is 11.6. The number of halogens is 1. The topological polar surface area (TPSA) is 84.9 Å². The van der Waals surface area contributed by atoms with E-state index in [9.17, 15) is 14.4 Å². The monoisotopic (exact) mass is 518 g/mol. The van der Waals surface area contributed by atoms with Gasteiger partial charge >= 0.3 is 0 Å². The van der Waals surface area contributed by atoms with Crippen LogP contribution in [-0.4, -0.2) is 41.7 Å². The van der Waals surface area contributed by atoms with Crippen LogP contribution in [0.1, 0.15) is 25.0 Å². The molecule has 0 bridgehead atoms. The second-order valence-corrected chi connectivity index (χ2v) is 8.73. The molecule has 0 aromatic heterocycles. The third-order valence-corrected chi connectivity index (χ3v) is 5.89. The third-order valence-electron chi connectivity index (χ3n) is 4.40. The second kappa shape index (κ2) is 10.7. The summed E-state index contributed by atoms with van der Waals surface area (Å²) < 4.78 is 12.0. The number of nitrogens with one attached hydrogen (secondary N) is 1. The quantitative estimate of drug-likeness (QED) is 0.481. The normalized spacial score (nSPS) is 14.8. The zero-order valence-electron chi connectivity index (χ0n) is 17.9. The fourth-order valence-electron chi connectivity index (χ4n) is 3.07. The molecule has 0 atom stereocenters. The summed E-state index contributed by atoms with van der Waals surface area (Å²) in [5.74, 6) is 0.156. The van der Waals surface area contributed by atoms with E-state index in [2.05, 4.69) is 21.2 Å². The lowest BCUT2D eigenvalue weighted by molar-refractivity contribution is -0.127. The first-order valence-electron chi connectivity index (χ1n) is 10.0. The molecule has 1 N–H and O–H groups in total. The minimum Gasteiger partial charge on any atom is -0.490 e. The maximum atomic E-state index is 12.8. The van der Waals surface area contributed by atoms with Gasteiger partial charge in [-0.15, -0.1) is 0 Å². The smallest absolute Gasteiger partial charge is 0.294 e. The van der Waals surface area contributed by atoms with Crippen LogP contribution in [0.15, 0.2) is 45.8 Å². The lowest BCUT2D eigenvalue weighted by Crippen LogP contribution is -2.36. The van der Waals surface area contributed by atoms with E-state index in [4.69, 9.17) is 9.47 Å². The Labute approximate surface area is 199 Å². The number of nitrogens with zero attached hydrogens (tertiary/aromatic N) is 1. The van der Waals surface area contributed by atoms with E-state index in [1.54, 1.807) is 24.3 Å². The van der Waals surface area contributed by atoms with Crippen LogP contribution in [0, 0.1) is 6.92 Å². The number of hydrogen-bond acceptors (Lipinski definition) is 6. The zero-order valence-corrected chi connectivity index (χ0v) is 20.3. The Morgan fingerprint density at radius 2 is 1.91 bits per heavy atom. The van der Waals surface area contributed by atoms with Crippen molar-refractivity contribution in [3.05, 3.63) is 56.9 Å². The molecule has 2 aromatic rings. The van der Waals surface area contributed by atoms with Crippen molar-refractivity contribution in [2.45, 2.75) is 20.8 Å². The van der Waals surface area contributed by atoms with Crippen molar-refractivity contribution in [2.24, 2.45) is 0 Å². The van der Waals surface area contributed by atoms with Gasteiger partial charge in [0.05, 0.1) is 22.6 Å². The van der Waals surface area contributed by atoms with Crippen LogP contribution in [0.2, 0.25) is 0 Å². The van der Waals surface area contributed by atoms with E-state index in [1.165, 1.54) is 0 Å². The number of carbonyl (C=O) groups excluding carboxylic acids is 3. The van der Waals surface area contributed by atoms with Crippen molar-refractivity contribution in [2.75, 3.05) is 25.1 Å². The summed E-state index contributed by atoms with van der Waals surface area (Å²) in [5, 5.41) is 2.22. The summed E-state index contributed by atoms with van der Waals surface area (Å²) in [7, 11) is 0. The Morgan fingerprint density at radius 1 is 1.16 bits per heavy atom. The predicted molar refractivity (Wildman–Crippen MR) is 129 cm³/mol. The van der Waals surface area contributed by atoms with Crippen LogP contribution in [0.3, 0.4) is 0 Å². The molecular weight excluding hydrogens is 496 g/mol. The molecule has 7 nitrogen and oxygen atoms in total. The minimum absolute atomic E-state index is 0.233. The maximum Gasteiger partial charge on any atom is 0.294 e. The molecule has 0 radical (unpaired) electrons. The number of hydrogen-bond donors (Lipinski definition) is 1. The molecule has 1 fully saturated rings. The molecule has 0 aliphatic carbocycles. The first kappa shape index (κ1) is 23.9. The molecule has 0 spiro atoms. The molecule has 3 amide bonds. The third kappa shape index (κ3) is 5.72. The second-order valence-electron chi connectivity index (χ2n) is 6.88. The van der Waals surface area contributed by atoms with Crippen molar-refractivity contribution in [3.63, 3.8) is 0 Å². The molecule has 9 heteroatoms. The molecule has 1 aliphatic rings. The van der Waals surface area contributed by atoms with Gasteiger partial charge in [-0.25, -0.2) is 0 Å². The first-order chi connectivity index (χ1) is 15.3. The molecule has 0 unspecified atom stereocenters. The summed E-state index contributed by atoms with van der Waals surface area (Å²) >= 11 is 4.27. The summed E-state index contributed by atoms with van der Waals surface area (Å²) in [5.41, 5.74) is 2.27.